The van der Waals surface area contributed by atoms with E-state index in [1.807, 2.05) is 38.1 Å². The topological polar surface area (TPSA) is 41.6 Å². The van der Waals surface area contributed by atoms with E-state index in [1.54, 1.807) is 0 Å². The smallest absolute Gasteiger partial charge is 0.416 e. The molecular weight excluding hydrogens is 381 g/mol. The zero-order chi connectivity index (χ0) is 21.1. The summed E-state index contributed by atoms with van der Waals surface area (Å²) >= 11 is 0. The van der Waals surface area contributed by atoms with Crippen LogP contribution >= 0.6 is 0 Å². The number of hydrogen-bond acceptors (Lipinski definition) is 3. The second kappa shape index (κ2) is 8.45. The van der Waals surface area contributed by atoms with Gasteiger partial charge in [0.25, 0.3) is 0 Å². The minimum absolute atomic E-state index is 0.126. The molecule has 1 aliphatic rings. The van der Waals surface area contributed by atoms with Crippen LogP contribution in [0.15, 0.2) is 48.5 Å². The third kappa shape index (κ3) is 5.09. The molecule has 1 heterocycles. The Kier molecular flexibility index (Phi) is 6.17. The predicted molar refractivity (Wildman–Crippen MR) is 105 cm³/mol. The molecule has 0 saturated carbocycles. The van der Waals surface area contributed by atoms with Crippen LogP contribution in [0.4, 0.5) is 13.2 Å². The summed E-state index contributed by atoms with van der Waals surface area (Å²) in [6.45, 7) is 5.99. The Hall–Kier alpha value is -2.54. The number of rotatable bonds is 7. The third-order valence-electron chi connectivity index (χ3n) is 5.44. The number of amides is 1. The summed E-state index contributed by atoms with van der Waals surface area (Å²) in [6, 6.07) is 12.6. The molecule has 1 saturated heterocycles. The SMILES string of the molecule is Cc1ccc(OCCN2CCC2(C)C(=O)NCc2ccc(C(F)(F)F)cc2)cc1. The van der Waals surface area contributed by atoms with Crippen LogP contribution in [0.25, 0.3) is 0 Å². The van der Waals surface area contributed by atoms with Gasteiger partial charge in [0, 0.05) is 19.6 Å². The van der Waals surface area contributed by atoms with Crippen LogP contribution in [0.3, 0.4) is 0 Å². The standard InChI is InChI=1S/C22H25F3N2O2/c1-16-3-9-19(10-4-16)29-14-13-27-12-11-21(27,2)20(28)26-15-17-5-7-18(8-6-17)22(23,24)25/h3-10H,11-15H2,1-2H3,(H,26,28). The fourth-order valence-corrected chi connectivity index (χ4v) is 3.31. The molecule has 29 heavy (non-hydrogen) atoms. The fourth-order valence-electron chi connectivity index (χ4n) is 3.31. The predicted octanol–water partition coefficient (Wildman–Crippen LogP) is 4.17. The Balaban J connectivity index is 1.47. The van der Waals surface area contributed by atoms with Gasteiger partial charge in [0.2, 0.25) is 5.91 Å². The lowest BCUT2D eigenvalue weighted by Crippen LogP contribution is -2.66. The van der Waals surface area contributed by atoms with Crippen LogP contribution in [0.5, 0.6) is 5.75 Å². The van der Waals surface area contributed by atoms with Gasteiger partial charge >= 0.3 is 6.18 Å². The maximum absolute atomic E-state index is 12.7. The largest absolute Gasteiger partial charge is 0.492 e. The average Bonchev–Trinajstić information content (AvgIpc) is 2.69. The molecule has 7 heteroatoms. The van der Waals surface area contributed by atoms with E-state index in [4.69, 9.17) is 4.74 Å². The highest BCUT2D eigenvalue weighted by Crippen LogP contribution is 2.31. The monoisotopic (exact) mass is 406 g/mol. The highest BCUT2D eigenvalue weighted by atomic mass is 19.4. The van der Waals surface area contributed by atoms with Gasteiger partial charge in [0.1, 0.15) is 12.4 Å². The Morgan fingerprint density at radius 3 is 2.34 bits per heavy atom. The van der Waals surface area contributed by atoms with E-state index in [0.717, 1.165) is 36.4 Å². The number of halogens is 3. The molecule has 0 aromatic heterocycles. The highest BCUT2D eigenvalue weighted by Gasteiger charge is 2.46. The molecule has 2 aromatic rings. The van der Waals surface area contributed by atoms with Gasteiger partial charge in [-0.2, -0.15) is 13.2 Å². The van der Waals surface area contributed by atoms with E-state index in [9.17, 15) is 18.0 Å². The maximum Gasteiger partial charge on any atom is 0.416 e. The summed E-state index contributed by atoms with van der Waals surface area (Å²) in [5.41, 5.74) is 0.474. The number of nitrogens with one attached hydrogen (secondary N) is 1. The second-order valence-corrected chi connectivity index (χ2v) is 7.55. The van der Waals surface area contributed by atoms with Crippen molar-refractivity contribution < 1.29 is 22.7 Å². The van der Waals surface area contributed by atoms with Gasteiger partial charge in [0.15, 0.2) is 0 Å². The third-order valence-corrected chi connectivity index (χ3v) is 5.44. The lowest BCUT2D eigenvalue weighted by Gasteiger charge is -2.49. The Labute approximate surface area is 168 Å². The minimum atomic E-state index is -4.36. The zero-order valence-corrected chi connectivity index (χ0v) is 16.6. The average molecular weight is 406 g/mol. The van der Waals surface area contributed by atoms with E-state index in [1.165, 1.54) is 12.1 Å². The molecule has 0 bridgehead atoms. The molecule has 3 rings (SSSR count). The summed E-state index contributed by atoms with van der Waals surface area (Å²) in [6.07, 6.45) is -3.63. The molecule has 1 N–H and O–H groups in total. The molecule has 2 aromatic carbocycles. The van der Waals surface area contributed by atoms with E-state index in [2.05, 4.69) is 10.2 Å². The van der Waals surface area contributed by atoms with Gasteiger partial charge in [0.05, 0.1) is 11.1 Å². The van der Waals surface area contributed by atoms with Crippen molar-refractivity contribution >= 4 is 5.91 Å². The molecule has 1 aliphatic heterocycles. The van der Waals surface area contributed by atoms with Crippen LogP contribution in [0.1, 0.15) is 30.0 Å². The number of carbonyl (C=O) groups is 1. The summed E-state index contributed by atoms with van der Waals surface area (Å²) in [5.74, 6) is 0.670. The van der Waals surface area contributed by atoms with Crippen LogP contribution in [0, 0.1) is 6.92 Å². The van der Waals surface area contributed by atoms with Gasteiger partial charge in [-0.25, -0.2) is 0 Å². The van der Waals surface area contributed by atoms with Crippen LogP contribution in [-0.4, -0.2) is 36.0 Å². The Morgan fingerprint density at radius 2 is 1.79 bits per heavy atom. The number of alkyl halides is 3. The second-order valence-electron chi connectivity index (χ2n) is 7.55. The summed E-state index contributed by atoms with van der Waals surface area (Å²) < 4.78 is 43.6. The number of benzene rings is 2. The number of carbonyl (C=O) groups excluding carboxylic acids is 1. The molecule has 1 amide bonds. The first kappa shape index (κ1) is 21.2. The molecule has 0 aliphatic carbocycles. The number of aryl methyl sites for hydroxylation is 1. The minimum Gasteiger partial charge on any atom is -0.492 e. The van der Waals surface area contributed by atoms with Crippen molar-refractivity contribution in [3.05, 3.63) is 65.2 Å². The number of ether oxygens (including phenoxy) is 1. The molecular formula is C22H25F3N2O2. The summed E-state index contributed by atoms with van der Waals surface area (Å²) in [7, 11) is 0. The van der Waals surface area contributed by atoms with E-state index in [0.29, 0.717) is 18.7 Å². The number of nitrogens with zero attached hydrogens (tertiary/aromatic N) is 1. The van der Waals surface area contributed by atoms with Crippen molar-refractivity contribution in [1.29, 1.82) is 0 Å². The quantitative estimate of drug-likeness (QED) is 0.750. The molecule has 0 spiro atoms. The van der Waals surface area contributed by atoms with Crippen LogP contribution < -0.4 is 10.1 Å². The van der Waals surface area contributed by atoms with E-state index in [-0.39, 0.29) is 12.5 Å². The van der Waals surface area contributed by atoms with Crippen LogP contribution in [0.2, 0.25) is 0 Å². The first-order valence-corrected chi connectivity index (χ1v) is 9.57. The molecule has 0 radical (unpaired) electrons. The normalized spacial score (nSPS) is 19.5. The van der Waals surface area contributed by atoms with E-state index >= 15 is 0 Å². The van der Waals surface area contributed by atoms with Gasteiger partial charge < -0.3 is 10.1 Å². The highest BCUT2D eigenvalue weighted by molar-refractivity contribution is 5.86. The lowest BCUT2D eigenvalue weighted by atomic mass is 9.85. The number of hydrogen-bond donors (Lipinski definition) is 1. The fraction of sp³-hybridized carbons (Fsp3) is 0.409. The lowest BCUT2D eigenvalue weighted by molar-refractivity contribution is -0.141. The van der Waals surface area contributed by atoms with Gasteiger partial charge in [-0.3, -0.25) is 9.69 Å². The Morgan fingerprint density at radius 1 is 1.14 bits per heavy atom. The number of likely N-dealkylation sites (tertiary alicyclic amines) is 1. The molecule has 1 atom stereocenters. The van der Waals surface area contributed by atoms with Crippen molar-refractivity contribution in [2.45, 2.75) is 38.5 Å². The molecule has 156 valence electrons. The summed E-state index contributed by atoms with van der Waals surface area (Å²) in [5, 5.41) is 2.84. The molecule has 4 nitrogen and oxygen atoms in total. The van der Waals surface area contributed by atoms with Crippen molar-refractivity contribution in [2.75, 3.05) is 19.7 Å². The van der Waals surface area contributed by atoms with Gasteiger partial charge in [-0.15, -0.1) is 0 Å². The van der Waals surface area contributed by atoms with Gasteiger partial charge in [-0.1, -0.05) is 29.8 Å². The maximum atomic E-state index is 12.7. The summed E-state index contributed by atoms with van der Waals surface area (Å²) in [4.78, 5) is 14.7. The van der Waals surface area contributed by atoms with Crippen molar-refractivity contribution in [3.8, 4) is 5.75 Å². The Bertz CT molecular complexity index is 835. The van der Waals surface area contributed by atoms with Crippen molar-refractivity contribution in [2.24, 2.45) is 0 Å². The molecule has 1 unspecified atom stereocenters. The van der Waals surface area contributed by atoms with E-state index < -0.39 is 17.3 Å². The zero-order valence-electron chi connectivity index (χ0n) is 16.6. The first-order chi connectivity index (χ1) is 13.7. The van der Waals surface area contributed by atoms with Crippen molar-refractivity contribution in [3.63, 3.8) is 0 Å². The molecule has 1 fully saturated rings. The van der Waals surface area contributed by atoms with Crippen LogP contribution in [-0.2, 0) is 17.5 Å². The first-order valence-electron chi connectivity index (χ1n) is 9.57. The van der Waals surface area contributed by atoms with Gasteiger partial charge in [-0.05, 0) is 50.1 Å². The van der Waals surface area contributed by atoms with Crippen molar-refractivity contribution in [1.82, 2.24) is 10.2 Å².